The molecule has 14 atom stereocenters. The van der Waals surface area contributed by atoms with E-state index in [0.717, 1.165) is 44.9 Å². The summed E-state index contributed by atoms with van der Waals surface area (Å²) in [5.41, 5.74) is 0.198. The van der Waals surface area contributed by atoms with Crippen LogP contribution in [0, 0.1) is 11.8 Å². The Morgan fingerprint density at radius 1 is 0.820 bits per heavy atom. The van der Waals surface area contributed by atoms with E-state index in [9.17, 15) is 40.2 Å². The Morgan fingerprint density at radius 3 is 2.20 bits per heavy atom. The van der Waals surface area contributed by atoms with Crippen molar-refractivity contribution in [1.29, 1.82) is 0 Å². The summed E-state index contributed by atoms with van der Waals surface area (Å²) in [6.07, 6.45) is -8.91. The van der Waals surface area contributed by atoms with Gasteiger partial charge in [0.2, 0.25) is 0 Å². The van der Waals surface area contributed by atoms with E-state index < -0.39 is 98.3 Å². The van der Waals surface area contributed by atoms with Gasteiger partial charge < -0.3 is 59.1 Å². The molecule has 4 fully saturated rings. The molecule has 1 aromatic rings. The van der Waals surface area contributed by atoms with E-state index in [4.69, 9.17) is 28.4 Å². The zero-order chi connectivity index (χ0) is 35.9. The van der Waals surface area contributed by atoms with Crippen LogP contribution in [0.25, 0.3) is 0 Å². The third-order valence-corrected chi connectivity index (χ3v) is 10.7. The van der Waals surface area contributed by atoms with Crippen molar-refractivity contribution in [3.63, 3.8) is 0 Å². The molecule has 5 rings (SSSR count). The molecule has 4 aliphatic rings. The minimum atomic E-state index is -1.58. The SMILES string of the molecule is CCC1CCC[C@@H](O[C@@H]2O[C@H](CO)[C@H](O)[C@H](O[C@@H](CC3CCCCC3)C(=O)O)[C@H]2OC(=O)c2ccccc2)[C@@H]1O[C@@H]1O[C@@H](C)[C@@H](O)[C@@H](O)[C@@H]1O. The van der Waals surface area contributed by atoms with Crippen LogP contribution in [0.3, 0.4) is 0 Å². The minimum absolute atomic E-state index is 0.0871. The van der Waals surface area contributed by atoms with Crippen LogP contribution in [-0.4, -0.2) is 129 Å². The molecule has 0 radical (unpaired) electrons. The van der Waals surface area contributed by atoms with Crippen LogP contribution in [0.4, 0.5) is 0 Å². The van der Waals surface area contributed by atoms with E-state index in [2.05, 4.69) is 0 Å². The second-order valence-electron chi connectivity index (χ2n) is 14.2. The molecule has 14 heteroatoms. The molecule has 2 aliphatic carbocycles. The summed E-state index contributed by atoms with van der Waals surface area (Å²) in [5.74, 6) is -1.98. The number of carboxylic acids is 1. The first-order chi connectivity index (χ1) is 24.0. The van der Waals surface area contributed by atoms with E-state index in [-0.39, 0.29) is 23.8 Å². The Hall–Kier alpha value is -2.24. The van der Waals surface area contributed by atoms with Gasteiger partial charge in [-0.05, 0) is 50.2 Å². The fourth-order valence-electron chi connectivity index (χ4n) is 7.77. The molecule has 14 nitrogen and oxygen atoms in total. The van der Waals surface area contributed by atoms with Gasteiger partial charge in [0.05, 0.1) is 30.5 Å². The molecule has 6 N–H and O–H groups in total. The van der Waals surface area contributed by atoms with Crippen LogP contribution >= 0.6 is 0 Å². The molecule has 0 spiro atoms. The van der Waals surface area contributed by atoms with Gasteiger partial charge in [-0.1, -0.05) is 70.1 Å². The standard InChI is InChI=1S/C36H54O14/c1-3-21-15-10-16-23(30(21)50-35-29(41)28(40)26(38)19(2)45-35)47-36-32(49-34(44)22-13-8-5-9-14-22)31(27(39)25(18-37)48-36)46-24(33(42)43)17-20-11-6-4-7-12-20/h5,8-9,13-14,19-21,23-32,35-41H,3-4,6-7,10-12,15-18H2,1-2H3,(H,42,43)/t19-,21?,23+,24-,25+,26+,27-,28+,29-,30+,31-,32+,35-,36+/m0/s1. The predicted octanol–water partition coefficient (Wildman–Crippen LogP) is 1.91. The molecule has 1 unspecified atom stereocenters. The van der Waals surface area contributed by atoms with Crippen molar-refractivity contribution < 1.29 is 68.6 Å². The maximum absolute atomic E-state index is 13.5. The number of aliphatic hydroxyl groups excluding tert-OH is 5. The first-order valence-electron chi connectivity index (χ1n) is 18.1. The third-order valence-electron chi connectivity index (χ3n) is 10.7. The quantitative estimate of drug-likeness (QED) is 0.162. The molecule has 0 bridgehead atoms. The van der Waals surface area contributed by atoms with Gasteiger partial charge in [-0.25, -0.2) is 9.59 Å². The van der Waals surface area contributed by atoms with Gasteiger partial charge in [-0.15, -0.1) is 0 Å². The largest absolute Gasteiger partial charge is 0.479 e. The summed E-state index contributed by atoms with van der Waals surface area (Å²) >= 11 is 0. The van der Waals surface area contributed by atoms with Crippen LogP contribution in [0.1, 0.15) is 88.4 Å². The smallest absolute Gasteiger partial charge is 0.338 e. The lowest BCUT2D eigenvalue weighted by Crippen LogP contribution is -2.64. The van der Waals surface area contributed by atoms with E-state index in [0.29, 0.717) is 12.8 Å². The maximum atomic E-state index is 13.5. The summed E-state index contributed by atoms with van der Waals surface area (Å²) in [7, 11) is 0. The van der Waals surface area contributed by atoms with Crippen molar-refractivity contribution in [2.45, 2.75) is 158 Å². The van der Waals surface area contributed by atoms with Gasteiger partial charge in [0.1, 0.15) is 36.6 Å². The number of carbonyl (C=O) groups excluding carboxylic acids is 1. The Balaban J connectivity index is 1.44. The van der Waals surface area contributed by atoms with E-state index in [1.807, 2.05) is 6.92 Å². The minimum Gasteiger partial charge on any atom is -0.479 e. The van der Waals surface area contributed by atoms with Crippen LogP contribution in [-0.2, 0) is 33.2 Å². The lowest BCUT2D eigenvalue weighted by Gasteiger charge is -2.48. The van der Waals surface area contributed by atoms with Crippen LogP contribution in [0.5, 0.6) is 0 Å². The normalized spacial score (nSPS) is 39.1. The highest BCUT2D eigenvalue weighted by molar-refractivity contribution is 5.89. The topological polar surface area (TPSA) is 211 Å². The summed E-state index contributed by atoms with van der Waals surface area (Å²) in [6.45, 7) is 2.87. The van der Waals surface area contributed by atoms with Crippen molar-refractivity contribution in [3.8, 4) is 0 Å². The number of carboxylic acid groups (broad SMARTS) is 1. The van der Waals surface area contributed by atoms with Gasteiger partial charge in [-0.3, -0.25) is 0 Å². The Labute approximate surface area is 292 Å². The number of aliphatic carboxylic acids is 1. The van der Waals surface area contributed by atoms with Gasteiger partial charge in [-0.2, -0.15) is 0 Å². The maximum Gasteiger partial charge on any atom is 0.338 e. The number of hydrogen-bond acceptors (Lipinski definition) is 13. The molecule has 0 amide bonds. The molecule has 2 heterocycles. The average molecular weight is 711 g/mol. The lowest BCUT2D eigenvalue weighted by molar-refractivity contribution is -0.348. The fourth-order valence-corrected chi connectivity index (χ4v) is 7.77. The van der Waals surface area contributed by atoms with E-state index >= 15 is 0 Å². The molecular formula is C36H54O14. The summed E-state index contributed by atoms with van der Waals surface area (Å²) < 4.78 is 36.8. The van der Waals surface area contributed by atoms with Crippen LogP contribution < -0.4 is 0 Å². The number of carbonyl (C=O) groups is 2. The van der Waals surface area contributed by atoms with Gasteiger partial charge in [0, 0.05) is 0 Å². The van der Waals surface area contributed by atoms with Crippen LogP contribution in [0.15, 0.2) is 30.3 Å². The zero-order valence-corrected chi connectivity index (χ0v) is 28.8. The first-order valence-corrected chi connectivity index (χ1v) is 18.1. The second-order valence-corrected chi connectivity index (χ2v) is 14.2. The third kappa shape index (κ3) is 9.21. The number of benzene rings is 1. The van der Waals surface area contributed by atoms with Crippen molar-refractivity contribution in [3.05, 3.63) is 35.9 Å². The molecule has 50 heavy (non-hydrogen) atoms. The van der Waals surface area contributed by atoms with Crippen LogP contribution in [0.2, 0.25) is 0 Å². The fraction of sp³-hybridized carbons (Fsp3) is 0.778. The van der Waals surface area contributed by atoms with Crippen molar-refractivity contribution in [2.75, 3.05) is 6.61 Å². The first kappa shape index (κ1) is 39.0. The number of hydrogen-bond donors (Lipinski definition) is 6. The number of ether oxygens (including phenoxy) is 6. The highest BCUT2D eigenvalue weighted by atomic mass is 16.7. The molecule has 2 saturated carbocycles. The summed E-state index contributed by atoms with van der Waals surface area (Å²) in [6, 6.07) is 8.14. The lowest BCUT2D eigenvalue weighted by atomic mass is 9.82. The van der Waals surface area contributed by atoms with Gasteiger partial charge in [0.15, 0.2) is 24.8 Å². The molecule has 2 saturated heterocycles. The zero-order valence-electron chi connectivity index (χ0n) is 28.8. The number of esters is 1. The average Bonchev–Trinajstić information content (AvgIpc) is 3.12. The van der Waals surface area contributed by atoms with Crippen molar-refractivity contribution >= 4 is 11.9 Å². The van der Waals surface area contributed by atoms with Gasteiger partial charge >= 0.3 is 11.9 Å². The second kappa shape index (κ2) is 18.0. The highest BCUT2D eigenvalue weighted by Gasteiger charge is 2.53. The van der Waals surface area contributed by atoms with E-state index in [1.54, 1.807) is 37.3 Å². The molecule has 2 aliphatic heterocycles. The van der Waals surface area contributed by atoms with Gasteiger partial charge in [0.25, 0.3) is 0 Å². The Morgan fingerprint density at radius 2 is 1.54 bits per heavy atom. The van der Waals surface area contributed by atoms with Crippen molar-refractivity contribution in [1.82, 2.24) is 0 Å². The molecule has 1 aromatic carbocycles. The summed E-state index contributed by atoms with van der Waals surface area (Å²) in [5, 5.41) is 63.3. The molecule has 282 valence electrons. The number of aliphatic hydroxyl groups is 5. The highest BCUT2D eigenvalue weighted by Crippen LogP contribution is 2.38. The Bertz CT molecular complexity index is 1210. The summed E-state index contributed by atoms with van der Waals surface area (Å²) in [4.78, 5) is 26.0. The van der Waals surface area contributed by atoms with Crippen molar-refractivity contribution in [2.24, 2.45) is 11.8 Å². The molecule has 0 aromatic heterocycles. The monoisotopic (exact) mass is 710 g/mol. The molecular weight excluding hydrogens is 656 g/mol. The number of rotatable bonds is 13. The Kier molecular flexibility index (Phi) is 14.0. The van der Waals surface area contributed by atoms with E-state index in [1.165, 1.54) is 0 Å². The predicted molar refractivity (Wildman–Crippen MR) is 175 cm³/mol.